The summed E-state index contributed by atoms with van der Waals surface area (Å²) >= 11 is 0. The first-order chi connectivity index (χ1) is 8.63. The number of amides is 1. The lowest BCUT2D eigenvalue weighted by Gasteiger charge is -2.21. The summed E-state index contributed by atoms with van der Waals surface area (Å²) in [4.78, 5) is 26.3. The smallest absolute Gasteiger partial charge is 0.317 e. The van der Waals surface area contributed by atoms with E-state index >= 15 is 0 Å². The summed E-state index contributed by atoms with van der Waals surface area (Å²) in [7, 11) is 1.88. The highest BCUT2D eigenvalue weighted by Crippen LogP contribution is 2.05. The van der Waals surface area contributed by atoms with Gasteiger partial charge in [0.15, 0.2) is 0 Å². The molecular formula is C12H23N3O3. The van der Waals surface area contributed by atoms with Crippen molar-refractivity contribution < 1.29 is 14.7 Å². The summed E-state index contributed by atoms with van der Waals surface area (Å²) in [5.74, 6) is -0.619. The number of aliphatic carboxylic acids is 1. The number of nitrogens with one attached hydrogen (secondary N) is 1. The molecule has 0 aromatic heterocycles. The number of hydrogen-bond donors (Lipinski definition) is 2. The van der Waals surface area contributed by atoms with Gasteiger partial charge >= 0.3 is 5.97 Å². The fraction of sp³-hybridized carbons (Fsp3) is 0.833. The molecular weight excluding hydrogens is 234 g/mol. The average molecular weight is 257 g/mol. The molecule has 1 aliphatic heterocycles. The molecule has 1 saturated heterocycles. The van der Waals surface area contributed by atoms with Gasteiger partial charge in [-0.25, -0.2) is 0 Å². The number of nitrogens with zero attached hydrogens (tertiary/aromatic N) is 2. The molecule has 1 heterocycles. The van der Waals surface area contributed by atoms with Crippen LogP contribution in [-0.2, 0) is 9.59 Å². The Morgan fingerprint density at radius 3 is 2.67 bits per heavy atom. The van der Waals surface area contributed by atoms with Crippen molar-refractivity contribution in [1.82, 2.24) is 15.1 Å². The van der Waals surface area contributed by atoms with Gasteiger partial charge in [0.25, 0.3) is 0 Å². The van der Waals surface area contributed by atoms with E-state index in [0.717, 1.165) is 32.5 Å². The number of carbonyl (C=O) groups is 2. The number of rotatable bonds is 6. The van der Waals surface area contributed by atoms with Gasteiger partial charge in [-0.05, 0) is 26.4 Å². The molecule has 0 unspecified atom stereocenters. The molecule has 6 heteroatoms. The maximum atomic E-state index is 11.9. The summed E-state index contributed by atoms with van der Waals surface area (Å²) in [5, 5.41) is 11.8. The Morgan fingerprint density at radius 1 is 1.22 bits per heavy atom. The van der Waals surface area contributed by atoms with Gasteiger partial charge in [0.2, 0.25) is 5.91 Å². The Morgan fingerprint density at radius 2 is 2.00 bits per heavy atom. The van der Waals surface area contributed by atoms with E-state index in [1.807, 2.05) is 16.8 Å². The Kier molecular flexibility index (Phi) is 6.67. The molecule has 0 atom stereocenters. The highest BCUT2D eigenvalue weighted by molar-refractivity contribution is 5.76. The summed E-state index contributed by atoms with van der Waals surface area (Å²) < 4.78 is 0. The first-order valence-corrected chi connectivity index (χ1v) is 6.50. The minimum absolute atomic E-state index is 0.0712. The van der Waals surface area contributed by atoms with Crippen LogP contribution in [0.15, 0.2) is 0 Å². The first-order valence-electron chi connectivity index (χ1n) is 6.50. The average Bonchev–Trinajstić information content (AvgIpc) is 2.54. The third-order valence-corrected chi connectivity index (χ3v) is 3.12. The largest absolute Gasteiger partial charge is 0.480 e. The second-order valence-electron chi connectivity index (χ2n) is 4.61. The van der Waals surface area contributed by atoms with Crippen LogP contribution >= 0.6 is 0 Å². The van der Waals surface area contributed by atoms with Crippen molar-refractivity contribution in [3.8, 4) is 0 Å². The molecule has 1 aliphatic rings. The number of carboxylic acids is 1. The van der Waals surface area contributed by atoms with Gasteiger partial charge in [-0.2, -0.15) is 0 Å². The van der Waals surface area contributed by atoms with E-state index in [1.54, 1.807) is 0 Å². The molecule has 0 radical (unpaired) electrons. The van der Waals surface area contributed by atoms with Crippen molar-refractivity contribution in [2.75, 3.05) is 46.3 Å². The fourth-order valence-corrected chi connectivity index (χ4v) is 2.14. The zero-order valence-corrected chi connectivity index (χ0v) is 11.0. The summed E-state index contributed by atoms with van der Waals surface area (Å²) in [6.07, 6.45) is 2.27. The lowest BCUT2D eigenvalue weighted by molar-refractivity contribution is -0.138. The SMILES string of the molecule is CNCCCC(=O)N1CCCN(CC(=O)O)CC1. The van der Waals surface area contributed by atoms with Crippen molar-refractivity contribution in [2.45, 2.75) is 19.3 Å². The number of hydrogen-bond acceptors (Lipinski definition) is 4. The topological polar surface area (TPSA) is 72.9 Å². The molecule has 1 rings (SSSR count). The van der Waals surface area contributed by atoms with Gasteiger partial charge in [-0.15, -0.1) is 0 Å². The van der Waals surface area contributed by atoms with Crippen LogP contribution in [0, 0.1) is 0 Å². The predicted octanol–water partition coefficient (Wildman–Crippen LogP) is -0.395. The van der Waals surface area contributed by atoms with Gasteiger partial charge < -0.3 is 15.3 Å². The monoisotopic (exact) mass is 257 g/mol. The van der Waals surface area contributed by atoms with E-state index in [0.29, 0.717) is 19.5 Å². The predicted molar refractivity (Wildman–Crippen MR) is 68.4 cm³/mol. The standard InChI is InChI=1S/C12H23N3O3/c1-13-5-2-4-11(16)15-7-3-6-14(8-9-15)10-12(17)18/h13H,2-10H2,1H3,(H,17,18). The van der Waals surface area contributed by atoms with Crippen LogP contribution < -0.4 is 5.32 Å². The molecule has 2 N–H and O–H groups in total. The van der Waals surface area contributed by atoms with Crippen LogP contribution in [-0.4, -0.2) is 73.1 Å². The number of carboxylic acid groups (broad SMARTS) is 1. The first kappa shape index (κ1) is 14.9. The Hall–Kier alpha value is -1.14. The van der Waals surface area contributed by atoms with Crippen molar-refractivity contribution in [3.05, 3.63) is 0 Å². The van der Waals surface area contributed by atoms with Crippen molar-refractivity contribution in [2.24, 2.45) is 0 Å². The van der Waals surface area contributed by atoms with E-state index in [4.69, 9.17) is 5.11 Å². The molecule has 1 amide bonds. The Bertz CT molecular complexity index is 284. The molecule has 0 saturated carbocycles. The van der Waals surface area contributed by atoms with Crippen LogP contribution in [0.1, 0.15) is 19.3 Å². The van der Waals surface area contributed by atoms with E-state index in [-0.39, 0.29) is 12.5 Å². The van der Waals surface area contributed by atoms with Crippen LogP contribution in [0.3, 0.4) is 0 Å². The summed E-state index contributed by atoms with van der Waals surface area (Å²) in [6.45, 7) is 3.73. The minimum atomic E-state index is -0.802. The van der Waals surface area contributed by atoms with Crippen molar-refractivity contribution in [3.63, 3.8) is 0 Å². The van der Waals surface area contributed by atoms with Gasteiger partial charge in [0.05, 0.1) is 6.54 Å². The van der Waals surface area contributed by atoms with E-state index in [2.05, 4.69) is 5.32 Å². The zero-order valence-electron chi connectivity index (χ0n) is 11.0. The molecule has 6 nitrogen and oxygen atoms in total. The maximum Gasteiger partial charge on any atom is 0.317 e. The second-order valence-corrected chi connectivity index (χ2v) is 4.61. The van der Waals surface area contributed by atoms with Crippen LogP contribution in [0.5, 0.6) is 0 Å². The Labute approximate surface area is 108 Å². The van der Waals surface area contributed by atoms with Crippen molar-refractivity contribution >= 4 is 11.9 Å². The molecule has 0 bridgehead atoms. The molecule has 0 spiro atoms. The van der Waals surface area contributed by atoms with Gasteiger partial charge in [-0.3, -0.25) is 14.5 Å². The normalized spacial score (nSPS) is 17.5. The third-order valence-electron chi connectivity index (χ3n) is 3.12. The maximum absolute atomic E-state index is 11.9. The van der Waals surface area contributed by atoms with Crippen LogP contribution in [0.4, 0.5) is 0 Å². The van der Waals surface area contributed by atoms with Crippen LogP contribution in [0.2, 0.25) is 0 Å². The molecule has 18 heavy (non-hydrogen) atoms. The Balaban J connectivity index is 2.32. The molecule has 0 aromatic rings. The summed E-state index contributed by atoms with van der Waals surface area (Å²) in [5.41, 5.74) is 0. The fourth-order valence-electron chi connectivity index (χ4n) is 2.14. The summed E-state index contributed by atoms with van der Waals surface area (Å²) in [6, 6.07) is 0. The number of carbonyl (C=O) groups excluding carboxylic acids is 1. The molecule has 0 aliphatic carbocycles. The van der Waals surface area contributed by atoms with Gasteiger partial charge in [0.1, 0.15) is 0 Å². The molecule has 104 valence electrons. The van der Waals surface area contributed by atoms with Crippen LogP contribution in [0.25, 0.3) is 0 Å². The second kappa shape index (κ2) is 8.05. The van der Waals surface area contributed by atoms with Gasteiger partial charge in [-0.1, -0.05) is 0 Å². The van der Waals surface area contributed by atoms with E-state index in [9.17, 15) is 9.59 Å². The lowest BCUT2D eigenvalue weighted by Crippen LogP contribution is -2.36. The van der Waals surface area contributed by atoms with Crippen molar-refractivity contribution in [1.29, 1.82) is 0 Å². The van der Waals surface area contributed by atoms with Gasteiger partial charge in [0, 0.05) is 32.6 Å². The quantitative estimate of drug-likeness (QED) is 0.634. The lowest BCUT2D eigenvalue weighted by atomic mass is 10.2. The minimum Gasteiger partial charge on any atom is -0.480 e. The third kappa shape index (κ3) is 5.46. The molecule has 1 fully saturated rings. The van der Waals surface area contributed by atoms with E-state index < -0.39 is 5.97 Å². The molecule has 0 aromatic carbocycles. The highest BCUT2D eigenvalue weighted by atomic mass is 16.4. The van der Waals surface area contributed by atoms with E-state index in [1.165, 1.54) is 0 Å². The zero-order chi connectivity index (χ0) is 13.4. The highest BCUT2D eigenvalue weighted by Gasteiger charge is 2.19.